The second kappa shape index (κ2) is 9.91. The molecule has 0 spiro atoms. The van der Waals surface area contributed by atoms with Gasteiger partial charge in [-0.25, -0.2) is 4.98 Å². The van der Waals surface area contributed by atoms with E-state index in [-0.39, 0.29) is 18.4 Å². The van der Waals surface area contributed by atoms with Crippen LogP contribution in [-0.2, 0) is 4.79 Å². The van der Waals surface area contributed by atoms with E-state index >= 15 is 0 Å². The first-order valence-electron chi connectivity index (χ1n) is 8.65. The van der Waals surface area contributed by atoms with Crippen molar-refractivity contribution in [3.8, 4) is 11.5 Å². The summed E-state index contributed by atoms with van der Waals surface area (Å²) < 4.78 is 10.7. The van der Waals surface area contributed by atoms with E-state index in [1.165, 1.54) is 30.5 Å². The van der Waals surface area contributed by atoms with Crippen molar-refractivity contribution in [2.24, 2.45) is 5.92 Å². The van der Waals surface area contributed by atoms with Crippen LogP contribution in [0.1, 0.15) is 30.6 Å². The molecular weight excluding hydrogens is 366 g/mol. The summed E-state index contributed by atoms with van der Waals surface area (Å²) in [6.07, 6.45) is 2.38. The zero-order valence-electron chi connectivity index (χ0n) is 16.0. The van der Waals surface area contributed by atoms with E-state index < -0.39 is 0 Å². The standard InChI is InChI=1S/C19H25N3O4S/c1-13(2)8-10-22(12-16(23)21-19-20-9-11-27-19)18(24)17-14(25-3)6-5-7-15(17)26-4/h5-7,9,11,13H,8,10,12H2,1-4H3,(H,20,21,23). The first-order valence-corrected chi connectivity index (χ1v) is 9.53. The first-order chi connectivity index (χ1) is 13.0. The average molecular weight is 391 g/mol. The number of thiazole rings is 1. The number of rotatable bonds is 9. The molecule has 27 heavy (non-hydrogen) atoms. The number of benzene rings is 1. The number of ether oxygens (including phenoxy) is 2. The molecule has 1 aromatic carbocycles. The van der Waals surface area contributed by atoms with Crippen LogP contribution in [0.4, 0.5) is 5.13 Å². The lowest BCUT2D eigenvalue weighted by molar-refractivity contribution is -0.116. The molecule has 2 rings (SSSR count). The number of nitrogens with zero attached hydrogens (tertiary/aromatic N) is 2. The second-order valence-corrected chi connectivity index (χ2v) is 7.23. The Morgan fingerprint density at radius 1 is 1.22 bits per heavy atom. The smallest absolute Gasteiger partial charge is 0.261 e. The van der Waals surface area contributed by atoms with Crippen molar-refractivity contribution < 1.29 is 19.1 Å². The van der Waals surface area contributed by atoms with Gasteiger partial charge >= 0.3 is 0 Å². The van der Waals surface area contributed by atoms with Gasteiger partial charge in [0.2, 0.25) is 5.91 Å². The third-order valence-corrected chi connectivity index (χ3v) is 4.61. The number of amides is 2. The van der Waals surface area contributed by atoms with Crippen LogP contribution in [0, 0.1) is 5.92 Å². The van der Waals surface area contributed by atoms with Crippen molar-refractivity contribution in [3.05, 3.63) is 35.3 Å². The average Bonchev–Trinajstić information content (AvgIpc) is 3.16. The van der Waals surface area contributed by atoms with Crippen molar-refractivity contribution in [3.63, 3.8) is 0 Å². The van der Waals surface area contributed by atoms with Crippen LogP contribution in [0.15, 0.2) is 29.8 Å². The number of nitrogens with one attached hydrogen (secondary N) is 1. The summed E-state index contributed by atoms with van der Waals surface area (Å²) in [5, 5.41) is 5.00. The zero-order chi connectivity index (χ0) is 19.8. The van der Waals surface area contributed by atoms with Gasteiger partial charge in [0, 0.05) is 18.1 Å². The molecule has 0 fully saturated rings. The summed E-state index contributed by atoms with van der Waals surface area (Å²) in [6, 6.07) is 5.15. The highest BCUT2D eigenvalue weighted by Crippen LogP contribution is 2.29. The number of anilines is 1. The minimum Gasteiger partial charge on any atom is -0.496 e. The predicted molar refractivity (Wildman–Crippen MR) is 106 cm³/mol. The predicted octanol–water partition coefficient (Wildman–Crippen LogP) is 3.29. The minimum atomic E-state index is -0.306. The molecule has 1 N–H and O–H groups in total. The van der Waals surface area contributed by atoms with E-state index in [0.717, 1.165) is 6.42 Å². The molecule has 146 valence electrons. The number of hydrogen-bond donors (Lipinski definition) is 1. The maximum absolute atomic E-state index is 13.2. The number of methoxy groups -OCH3 is 2. The van der Waals surface area contributed by atoms with Crippen LogP contribution >= 0.6 is 11.3 Å². The van der Waals surface area contributed by atoms with Gasteiger partial charge in [-0.15, -0.1) is 11.3 Å². The van der Waals surface area contributed by atoms with Crippen LogP contribution in [0.2, 0.25) is 0 Å². The van der Waals surface area contributed by atoms with Gasteiger partial charge in [0.15, 0.2) is 5.13 Å². The molecule has 0 saturated heterocycles. The van der Waals surface area contributed by atoms with Crippen LogP contribution in [0.5, 0.6) is 11.5 Å². The van der Waals surface area contributed by atoms with Gasteiger partial charge in [0.1, 0.15) is 23.6 Å². The molecule has 0 aliphatic carbocycles. The van der Waals surface area contributed by atoms with E-state index in [2.05, 4.69) is 24.1 Å². The van der Waals surface area contributed by atoms with E-state index in [9.17, 15) is 9.59 Å². The Labute approximate surface area is 163 Å². The van der Waals surface area contributed by atoms with Crippen LogP contribution < -0.4 is 14.8 Å². The lowest BCUT2D eigenvalue weighted by Crippen LogP contribution is -2.39. The zero-order valence-corrected chi connectivity index (χ0v) is 16.8. The molecule has 7 nitrogen and oxygen atoms in total. The van der Waals surface area contributed by atoms with E-state index in [4.69, 9.17) is 9.47 Å². The van der Waals surface area contributed by atoms with Gasteiger partial charge in [-0.3, -0.25) is 9.59 Å². The van der Waals surface area contributed by atoms with E-state index in [0.29, 0.717) is 34.7 Å². The van der Waals surface area contributed by atoms with Crippen molar-refractivity contribution in [1.82, 2.24) is 9.88 Å². The monoisotopic (exact) mass is 391 g/mol. The van der Waals surface area contributed by atoms with Crippen molar-refractivity contribution in [1.29, 1.82) is 0 Å². The number of carbonyl (C=O) groups is 2. The minimum absolute atomic E-state index is 0.0770. The highest BCUT2D eigenvalue weighted by atomic mass is 32.1. The second-order valence-electron chi connectivity index (χ2n) is 6.33. The Morgan fingerprint density at radius 3 is 2.41 bits per heavy atom. The van der Waals surface area contributed by atoms with Gasteiger partial charge in [0.25, 0.3) is 5.91 Å². The molecule has 2 amide bonds. The summed E-state index contributed by atoms with van der Waals surface area (Å²) >= 11 is 1.33. The summed E-state index contributed by atoms with van der Waals surface area (Å²) in [6.45, 7) is 4.51. The molecule has 0 bridgehead atoms. The van der Waals surface area contributed by atoms with Gasteiger partial charge in [0.05, 0.1) is 14.2 Å². The Kier molecular flexibility index (Phi) is 7.60. The Balaban J connectivity index is 2.24. The number of aromatic nitrogens is 1. The maximum Gasteiger partial charge on any atom is 0.261 e. The van der Waals surface area contributed by atoms with Crippen LogP contribution in [0.25, 0.3) is 0 Å². The highest BCUT2D eigenvalue weighted by Gasteiger charge is 2.25. The fourth-order valence-electron chi connectivity index (χ4n) is 2.50. The van der Waals surface area contributed by atoms with E-state index in [1.54, 1.807) is 29.8 Å². The molecule has 2 aromatic rings. The molecule has 0 unspecified atom stereocenters. The maximum atomic E-state index is 13.2. The lowest BCUT2D eigenvalue weighted by atomic mass is 10.1. The summed E-state index contributed by atoms with van der Waals surface area (Å²) in [5.41, 5.74) is 0.313. The molecule has 0 saturated carbocycles. The van der Waals surface area contributed by atoms with Gasteiger partial charge in [-0.2, -0.15) is 0 Å². The third kappa shape index (κ3) is 5.68. The molecule has 0 aliphatic rings. The van der Waals surface area contributed by atoms with E-state index in [1.807, 2.05) is 0 Å². The van der Waals surface area contributed by atoms with Crippen molar-refractivity contribution >= 4 is 28.3 Å². The Morgan fingerprint density at radius 2 is 1.89 bits per heavy atom. The molecule has 0 aliphatic heterocycles. The quantitative estimate of drug-likeness (QED) is 0.709. The fraction of sp³-hybridized carbons (Fsp3) is 0.421. The van der Waals surface area contributed by atoms with Crippen LogP contribution in [0.3, 0.4) is 0 Å². The highest BCUT2D eigenvalue weighted by molar-refractivity contribution is 7.13. The molecular formula is C19H25N3O4S. The SMILES string of the molecule is COc1cccc(OC)c1C(=O)N(CCC(C)C)CC(=O)Nc1nccs1. The largest absolute Gasteiger partial charge is 0.496 e. The molecule has 8 heteroatoms. The van der Waals surface area contributed by atoms with Gasteiger partial charge in [-0.1, -0.05) is 19.9 Å². The number of carbonyl (C=O) groups excluding carboxylic acids is 2. The Bertz CT molecular complexity index is 740. The number of hydrogen-bond acceptors (Lipinski definition) is 6. The molecule has 1 heterocycles. The summed E-state index contributed by atoms with van der Waals surface area (Å²) in [7, 11) is 3.00. The van der Waals surface area contributed by atoms with Gasteiger partial charge in [-0.05, 0) is 24.5 Å². The topological polar surface area (TPSA) is 80.8 Å². The summed E-state index contributed by atoms with van der Waals surface area (Å²) in [5.74, 6) is 0.612. The molecule has 0 atom stereocenters. The molecule has 0 radical (unpaired) electrons. The lowest BCUT2D eigenvalue weighted by Gasteiger charge is -2.24. The Hall–Kier alpha value is -2.61. The van der Waals surface area contributed by atoms with Crippen molar-refractivity contribution in [2.75, 3.05) is 32.6 Å². The third-order valence-electron chi connectivity index (χ3n) is 3.92. The van der Waals surface area contributed by atoms with Crippen LogP contribution in [-0.4, -0.2) is 49.0 Å². The normalized spacial score (nSPS) is 10.6. The first kappa shape index (κ1) is 20.7. The summed E-state index contributed by atoms with van der Waals surface area (Å²) in [4.78, 5) is 31.2. The van der Waals surface area contributed by atoms with Crippen molar-refractivity contribution in [2.45, 2.75) is 20.3 Å². The molecule has 1 aromatic heterocycles. The fourth-order valence-corrected chi connectivity index (χ4v) is 3.05. The van der Waals surface area contributed by atoms with Gasteiger partial charge < -0.3 is 19.7 Å².